The molecule has 4 aliphatic rings. The van der Waals surface area contributed by atoms with Crippen LogP contribution in [0.3, 0.4) is 0 Å². The number of rotatable bonds is 1. The van der Waals surface area contributed by atoms with Crippen LogP contribution in [0.1, 0.15) is 86.0 Å². The van der Waals surface area contributed by atoms with E-state index in [0.29, 0.717) is 24.3 Å². The fourth-order valence-corrected chi connectivity index (χ4v) is 7.59. The number of fused-ring (bicyclic) bond motifs is 5. The van der Waals surface area contributed by atoms with Crippen LogP contribution in [0, 0.1) is 34.5 Å². The van der Waals surface area contributed by atoms with E-state index in [2.05, 4.69) is 45.3 Å². The number of amides is 2. The second-order valence-electron chi connectivity index (χ2n) is 11.5. The fourth-order valence-electron chi connectivity index (χ4n) is 7.59. The molecule has 2 amide bonds. The molecule has 3 aliphatic carbocycles. The molecule has 4 heteroatoms. The molecule has 0 unspecified atom stereocenters. The Balaban J connectivity index is 1.55. The fraction of sp³-hybridized carbons (Fsp3) is 0.913. The molecule has 0 spiro atoms. The molecule has 1 heterocycles. The summed E-state index contributed by atoms with van der Waals surface area (Å²) in [5, 5.41) is 6.57. The van der Waals surface area contributed by atoms with Crippen molar-refractivity contribution in [3.63, 3.8) is 0 Å². The molecule has 1 aliphatic heterocycles. The normalized spacial score (nSPS) is 46.7. The molecule has 0 radical (unpaired) electrons. The van der Waals surface area contributed by atoms with Gasteiger partial charge in [0, 0.05) is 23.9 Å². The molecule has 2 N–H and O–H groups in total. The van der Waals surface area contributed by atoms with E-state index < -0.39 is 0 Å². The summed E-state index contributed by atoms with van der Waals surface area (Å²) in [5.41, 5.74) is 0.246. The van der Waals surface area contributed by atoms with Crippen LogP contribution >= 0.6 is 0 Å². The Labute approximate surface area is 164 Å². The molecule has 0 aromatic rings. The SMILES string of the molecule is CC(C)(C)NC(=O)[C@@H]1CC[C@@H]2[C@@H]3CC[C@H]4NC(=O)CC[C@]4(C)[C@H]3CC[C@@]21C. The summed E-state index contributed by atoms with van der Waals surface area (Å²) in [6.45, 7) is 11.1. The Bertz CT molecular complexity index is 639. The van der Waals surface area contributed by atoms with Crippen LogP contribution in [0.2, 0.25) is 0 Å². The van der Waals surface area contributed by atoms with Crippen molar-refractivity contribution in [3.05, 3.63) is 0 Å². The van der Waals surface area contributed by atoms with Crippen LogP contribution < -0.4 is 10.6 Å². The van der Waals surface area contributed by atoms with Gasteiger partial charge in [-0.1, -0.05) is 13.8 Å². The van der Waals surface area contributed by atoms with E-state index in [0.717, 1.165) is 31.6 Å². The van der Waals surface area contributed by atoms with Crippen LogP contribution in [0.5, 0.6) is 0 Å². The zero-order valence-corrected chi connectivity index (χ0v) is 17.9. The molecule has 1 saturated heterocycles. The number of carbonyl (C=O) groups is 2. The average molecular weight is 375 g/mol. The Morgan fingerprint density at radius 2 is 1.70 bits per heavy atom. The Morgan fingerprint density at radius 3 is 2.41 bits per heavy atom. The number of hydrogen-bond donors (Lipinski definition) is 2. The first-order valence-corrected chi connectivity index (χ1v) is 11.2. The summed E-state index contributed by atoms with van der Waals surface area (Å²) in [7, 11) is 0. The smallest absolute Gasteiger partial charge is 0.224 e. The minimum atomic E-state index is -0.158. The van der Waals surface area contributed by atoms with Gasteiger partial charge in [-0.3, -0.25) is 9.59 Å². The third-order valence-corrected chi connectivity index (χ3v) is 8.91. The summed E-state index contributed by atoms with van der Waals surface area (Å²) in [4.78, 5) is 25.0. The van der Waals surface area contributed by atoms with Gasteiger partial charge in [0.2, 0.25) is 11.8 Å². The molecule has 0 bridgehead atoms. The molecular formula is C23H38N2O2. The van der Waals surface area contributed by atoms with E-state index in [9.17, 15) is 9.59 Å². The summed E-state index contributed by atoms with van der Waals surface area (Å²) in [6, 6.07) is 0.366. The van der Waals surface area contributed by atoms with Crippen LogP contribution in [0.25, 0.3) is 0 Å². The van der Waals surface area contributed by atoms with Crippen molar-refractivity contribution in [2.45, 2.75) is 97.6 Å². The van der Waals surface area contributed by atoms with Gasteiger partial charge in [-0.15, -0.1) is 0 Å². The second-order valence-corrected chi connectivity index (χ2v) is 11.5. The predicted molar refractivity (Wildman–Crippen MR) is 107 cm³/mol. The summed E-state index contributed by atoms with van der Waals surface area (Å²) >= 11 is 0. The molecule has 152 valence electrons. The first kappa shape index (κ1) is 19.3. The second kappa shape index (κ2) is 6.22. The lowest BCUT2D eigenvalue weighted by Crippen LogP contribution is -2.61. The molecule has 27 heavy (non-hydrogen) atoms. The average Bonchev–Trinajstić information content (AvgIpc) is 2.91. The van der Waals surface area contributed by atoms with Crippen molar-refractivity contribution < 1.29 is 9.59 Å². The van der Waals surface area contributed by atoms with Gasteiger partial charge in [0.1, 0.15) is 0 Å². The molecular weight excluding hydrogens is 336 g/mol. The standard InChI is InChI=1S/C23H38N2O2/c1-21(2,3)25-20(27)17-8-7-15-14-6-9-18-23(5,13-11-19(26)24-18)16(14)10-12-22(15,17)4/h14-18H,6-13H2,1-5H3,(H,24,26)(H,25,27)/t14-,15+,16-,17-,18+,22-,23+/m0/s1. The van der Waals surface area contributed by atoms with Gasteiger partial charge in [-0.25, -0.2) is 0 Å². The maximum Gasteiger partial charge on any atom is 0.224 e. The molecule has 0 aromatic heterocycles. The summed E-state index contributed by atoms with van der Waals surface area (Å²) in [5.74, 6) is 2.79. The Hall–Kier alpha value is -1.06. The van der Waals surface area contributed by atoms with Crippen molar-refractivity contribution in [1.29, 1.82) is 0 Å². The van der Waals surface area contributed by atoms with E-state index in [-0.39, 0.29) is 34.1 Å². The topological polar surface area (TPSA) is 58.2 Å². The largest absolute Gasteiger partial charge is 0.353 e. The third-order valence-electron chi connectivity index (χ3n) is 8.91. The molecule has 7 atom stereocenters. The van der Waals surface area contributed by atoms with E-state index in [4.69, 9.17) is 0 Å². The number of nitrogens with one attached hydrogen (secondary N) is 2. The van der Waals surface area contributed by atoms with E-state index in [1.165, 1.54) is 19.3 Å². The molecule has 0 aromatic carbocycles. The van der Waals surface area contributed by atoms with E-state index in [1.807, 2.05) is 0 Å². The van der Waals surface area contributed by atoms with Gasteiger partial charge >= 0.3 is 0 Å². The highest BCUT2D eigenvalue weighted by Crippen LogP contribution is 2.65. The zero-order valence-electron chi connectivity index (χ0n) is 17.9. The minimum Gasteiger partial charge on any atom is -0.353 e. The maximum atomic E-state index is 13.0. The van der Waals surface area contributed by atoms with Crippen LogP contribution in [-0.4, -0.2) is 23.4 Å². The maximum absolute atomic E-state index is 13.0. The van der Waals surface area contributed by atoms with E-state index in [1.54, 1.807) is 0 Å². The number of carbonyl (C=O) groups excluding carboxylic acids is 2. The van der Waals surface area contributed by atoms with Gasteiger partial charge < -0.3 is 10.6 Å². The third kappa shape index (κ3) is 3.02. The summed E-state index contributed by atoms with van der Waals surface area (Å²) in [6.07, 6.45) is 8.71. The monoisotopic (exact) mass is 374 g/mol. The van der Waals surface area contributed by atoms with Crippen molar-refractivity contribution >= 4 is 11.8 Å². The molecule has 4 rings (SSSR count). The first-order valence-electron chi connectivity index (χ1n) is 11.2. The lowest BCUT2D eigenvalue weighted by molar-refractivity contribution is -0.142. The lowest BCUT2D eigenvalue weighted by atomic mass is 9.47. The Morgan fingerprint density at radius 1 is 1.00 bits per heavy atom. The van der Waals surface area contributed by atoms with Gasteiger partial charge in [0.05, 0.1) is 0 Å². The predicted octanol–water partition coefficient (Wildman–Crippen LogP) is 4.04. The van der Waals surface area contributed by atoms with Gasteiger partial charge in [-0.05, 0) is 94.3 Å². The zero-order chi connectivity index (χ0) is 19.6. The minimum absolute atomic E-state index is 0.150. The van der Waals surface area contributed by atoms with Crippen molar-refractivity contribution in [2.75, 3.05) is 0 Å². The molecule has 4 fully saturated rings. The van der Waals surface area contributed by atoms with Gasteiger partial charge in [0.15, 0.2) is 0 Å². The highest BCUT2D eigenvalue weighted by atomic mass is 16.2. The van der Waals surface area contributed by atoms with E-state index >= 15 is 0 Å². The highest BCUT2D eigenvalue weighted by molar-refractivity contribution is 5.80. The van der Waals surface area contributed by atoms with Crippen LogP contribution in [0.15, 0.2) is 0 Å². The van der Waals surface area contributed by atoms with Crippen LogP contribution in [-0.2, 0) is 9.59 Å². The summed E-state index contributed by atoms with van der Waals surface area (Å²) < 4.78 is 0. The van der Waals surface area contributed by atoms with Gasteiger partial charge in [-0.2, -0.15) is 0 Å². The van der Waals surface area contributed by atoms with Crippen molar-refractivity contribution in [3.8, 4) is 0 Å². The lowest BCUT2D eigenvalue weighted by Gasteiger charge is -2.60. The molecule has 3 saturated carbocycles. The first-order chi connectivity index (χ1) is 12.5. The van der Waals surface area contributed by atoms with Crippen LogP contribution in [0.4, 0.5) is 0 Å². The van der Waals surface area contributed by atoms with Crippen molar-refractivity contribution in [1.82, 2.24) is 10.6 Å². The number of hydrogen-bond acceptors (Lipinski definition) is 2. The molecule has 4 nitrogen and oxygen atoms in total. The quantitative estimate of drug-likeness (QED) is 0.728. The highest BCUT2D eigenvalue weighted by Gasteiger charge is 2.61. The Kier molecular flexibility index (Phi) is 4.44. The number of piperidine rings is 1. The van der Waals surface area contributed by atoms with Gasteiger partial charge in [0.25, 0.3) is 0 Å². The van der Waals surface area contributed by atoms with Crippen molar-refractivity contribution in [2.24, 2.45) is 34.5 Å².